The molecule has 7 heteroatoms. The molecular formula is C19H15BrN2O3S. The summed E-state index contributed by atoms with van der Waals surface area (Å²) < 4.78 is 28.1. The second-order valence-electron chi connectivity index (χ2n) is 5.46. The quantitative estimate of drug-likeness (QED) is 0.625. The molecule has 5 nitrogen and oxygen atoms in total. The summed E-state index contributed by atoms with van der Waals surface area (Å²) in [5, 5.41) is 2.76. The lowest BCUT2D eigenvalue weighted by molar-refractivity contribution is 0.102. The van der Waals surface area contributed by atoms with Crippen LogP contribution in [0.5, 0.6) is 0 Å². The molecule has 0 aliphatic carbocycles. The van der Waals surface area contributed by atoms with Crippen LogP contribution in [-0.2, 0) is 10.0 Å². The van der Waals surface area contributed by atoms with E-state index in [-0.39, 0.29) is 10.8 Å². The summed E-state index contributed by atoms with van der Waals surface area (Å²) >= 11 is 3.33. The summed E-state index contributed by atoms with van der Waals surface area (Å²) in [5.41, 5.74) is 1.35. The van der Waals surface area contributed by atoms with E-state index in [0.29, 0.717) is 16.9 Å². The van der Waals surface area contributed by atoms with E-state index < -0.39 is 10.0 Å². The van der Waals surface area contributed by atoms with Gasteiger partial charge in [-0.1, -0.05) is 46.3 Å². The molecule has 0 radical (unpaired) electrons. The maximum atomic E-state index is 12.4. The monoisotopic (exact) mass is 430 g/mol. The fourth-order valence-electron chi connectivity index (χ4n) is 2.31. The molecule has 0 heterocycles. The van der Waals surface area contributed by atoms with E-state index in [1.165, 1.54) is 12.1 Å². The van der Waals surface area contributed by atoms with E-state index in [0.717, 1.165) is 4.47 Å². The Bertz CT molecular complexity index is 1040. The molecule has 3 aromatic rings. The molecule has 0 aromatic heterocycles. The summed E-state index contributed by atoms with van der Waals surface area (Å²) in [4.78, 5) is 12.5. The molecule has 2 N–H and O–H groups in total. The minimum Gasteiger partial charge on any atom is -0.322 e. The fraction of sp³-hybridized carbons (Fsp3) is 0. The number of hydrogen-bond donors (Lipinski definition) is 2. The highest BCUT2D eigenvalue weighted by Gasteiger charge is 2.14. The van der Waals surface area contributed by atoms with Crippen LogP contribution in [-0.4, -0.2) is 14.3 Å². The normalized spacial score (nSPS) is 11.0. The van der Waals surface area contributed by atoms with Crippen LogP contribution in [0.25, 0.3) is 0 Å². The van der Waals surface area contributed by atoms with Gasteiger partial charge in [0.05, 0.1) is 10.6 Å². The summed E-state index contributed by atoms with van der Waals surface area (Å²) in [6, 6.07) is 21.6. The average Bonchev–Trinajstić information content (AvgIpc) is 2.62. The largest absolute Gasteiger partial charge is 0.322 e. The van der Waals surface area contributed by atoms with Crippen molar-refractivity contribution in [2.24, 2.45) is 0 Å². The molecule has 0 saturated carbocycles. The van der Waals surface area contributed by atoms with Gasteiger partial charge in [0, 0.05) is 15.7 Å². The SMILES string of the molecule is O=C(Nc1cccc(NS(=O)(=O)c2ccccc2)c1)c1cccc(Br)c1. The maximum absolute atomic E-state index is 12.4. The van der Waals surface area contributed by atoms with Crippen molar-refractivity contribution in [1.82, 2.24) is 0 Å². The van der Waals surface area contributed by atoms with Crippen molar-refractivity contribution in [3.05, 3.63) is 88.9 Å². The van der Waals surface area contributed by atoms with Crippen molar-refractivity contribution < 1.29 is 13.2 Å². The van der Waals surface area contributed by atoms with Crippen LogP contribution in [0, 0.1) is 0 Å². The molecule has 0 spiro atoms. The fourth-order valence-corrected chi connectivity index (χ4v) is 3.78. The Morgan fingerprint density at radius 2 is 1.50 bits per heavy atom. The number of anilines is 2. The number of halogens is 1. The average molecular weight is 431 g/mol. The molecule has 132 valence electrons. The van der Waals surface area contributed by atoms with Gasteiger partial charge in [0.2, 0.25) is 0 Å². The van der Waals surface area contributed by atoms with Gasteiger partial charge < -0.3 is 5.32 Å². The number of carbonyl (C=O) groups excluding carboxylic acids is 1. The first-order valence-corrected chi connectivity index (χ1v) is 9.96. The van der Waals surface area contributed by atoms with Crippen LogP contribution in [0.15, 0.2) is 88.2 Å². The van der Waals surface area contributed by atoms with Crippen molar-refractivity contribution in [3.8, 4) is 0 Å². The molecule has 0 aliphatic rings. The lowest BCUT2D eigenvalue weighted by Gasteiger charge is -2.10. The first kappa shape index (κ1) is 18.2. The van der Waals surface area contributed by atoms with E-state index >= 15 is 0 Å². The Balaban J connectivity index is 1.77. The Hall–Kier alpha value is -2.64. The Morgan fingerprint density at radius 3 is 2.23 bits per heavy atom. The minimum atomic E-state index is -3.69. The van der Waals surface area contributed by atoms with Crippen LogP contribution in [0.2, 0.25) is 0 Å². The van der Waals surface area contributed by atoms with Crippen molar-refractivity contribution in [2.45, 2.75) is 4.90 Å². The number of benzene rings is 3. The standard InChI is InChI=1S/C19H15BrN2O3S/c20-15-7-4-6-14(12-15)19(23)21-16-8-5-9-17(13-16)22-26(24,25)18-10-2-1-3-11-18/h1-13,22H,(H,21,23). The molecule has 0 unspecified atom stereocenters. The number of rotatable bonds is 5. The van der Waals surface area contributed by atoms with E-state index in [2.05, 4.69) is 26.0 Å². The first-order chi connectivity index (χ1) is 12.4. The summed E-state index contributed by atoms with van der Waals surface area (Å²) in [6.07, 6.45) is 0. The summed E-state index contributed by atoms with van der Waals surface area (Å²) in [5.74, 6) is -0.283. The highest BCUT2D eigenvalue weighted by atomic mass is 79.9. The van der Waals surface area contributed by atoms with Crippen LogP contribution >= 0.6 is 15.9 Å². The molecular weight excluding hydrogens is 416 g/mol. The van der Waals surface area contributed by atoms with Gasteiger partial charge in [0.1, 0.15) is 0 Å². The van der Waals surface area contributed by atoms with Gasteiger partial charge in [-0.2, -0.15) is 0 Å². The van der Waals surface area contributed by atoms with Crippen LogP contribution in [0.1, 0.15) is 10.4 Å². The second kappa shape index (κ2) is 7.72. The molecule has 0 aliphatic heterocycles. The predicted octanol–water partition coefficient (Wildman–Crippen LogP) is 4.50. The topological polar surface area (TPSA) is 75.3 Å². The molecule has 0 bridgehead atoms. The van der Waals surface area contributed by atoms with Crippen LogP contribution < -0.4 is 10.0 Å². The van der Waals surface area contributed by atoms with Gasteiger partial charge >= 0.3 is 0 Å². The molecule has 1 amide bonds. The molecule has 0 saturated heterocycles. The van der Waals surface area contributed by atoms with E-state index in [1.54, 1.807) is 60.7 Å². The van der Waals surface area contributed by atoms with Crippen LogP contribution in [0.3, 0.4) is 0 Å². The Kier molecular flexibility index (Phi) is 5.39. The first-order valence-electron chi connectivity index (χ1n) is 7.69. The zero-order valence-corrected chi connectivity index (χ0v) is 15.9. The summed E-state index contributed by atoms with van der Waals surface area (Å²) in [7, 11) is -3.69. The lowest BCUT2D eigenvalue weighted by atomic mass is 10.2. The Labute approximate surface area is 160 Å². The lowest BCUT2D eigenvalue weighted by Crippen LogP contribution is -2.14. The smallest absolute Gasteiger partial charge is 0.261 e. The summed E-state index contributed by atoms with van der Waals surface area (Å²) in [6.45, 7) is 0. The molecule has 0 atom stereocenters. The number of carbonyl (C=O) groups is 1. The van der Waals surface area contributed by atoms with Crippen molar-refractivity contribution in [3.63, 3.8) is 0 Å². The van der Waals surface area contributed by atoms with Gasteiger partial charge in [-0.25, -0.2) is 8.42 Å². The van der Waals surface area contributed by atoms with E-state index in [9.17, 15) is 13.2 Å². The van der Waals surface area contributed by atoms with Gasteiger partial charge in [-0.15, -0.1) is 0 Å². The molecule has 3 rings (SSSR count). The minimum absolute atomic E-state index is 0.170. The van der Waals surface area contributed by atoms with Crippen LogP contribution in [0.4, 0.5) is 11.4 Å². The van der Waals surface area contributed by atoms with Gasteiger partial charge in [-0.3, -0.25) is 9.52 Å². The highest BCUT2D eigenvalue weighted by molar-refractivity contribution is 9.10. The van der Waals surface area contributed by atoms with Crippen molar-refractivity contribution in [2.75, 3.05) is 10.0 Å². The number of sulfonamides is 1. The van der Waals surface area contributed by atoms with Crippen molar-refractivity contribution in [1.29, 1.82) is 0 Å². The highest BCUT2D eigenvalue weighted by Crippen LogP contribution is 2.20. The third-order valence-corrected chi connectivity index (χ3v) is 5.40. The maximum Gasteiger partial charge on any atom is 0.261 e. The third kappa shape index (κ3) is 4.50. The predicted molar refractivity (Wildman–Crippen MR) is 106 cm³/mol. The Morgan fingerprint density at radius 1 is 0.808 bits per heavy atom. The van der Waals surface area contributed by atoms with Gasteiger partial charge in [0.25, 0.3) is 15.9 Å². The van der Waals surface area contributed by atoms with Crippen molar-refractivity contribution >= 4 is 43.2 Å². The number of amides is 1. The molecule has 3 aromatic carbocycles. The van der Waals surface area contributed by atoms with E-state index in [4.69, 9.17) is 0 Å². The number of hydrogen-bond acceptors (Lipinski definition) is 3. The van der Waals surface area contributed by atoms with E-state index in [1.807, 2.05) is 6.07 Å². The third-order valence-electron chi connectivity index (χ3n) is 3.51. The zero-order chi connectivity index (χ0) is 18.6. The molecule has 26 heavy (non-hydrogen) atoms. The van der Waals surface area contributed by atoms with Gasteiger partial charge in [0.15, 0.2) is 0 Å². The zero-order valence-electron chi connectivity index (χ0n) is 13.5. The number of nitrogens with one attached hydrogen (secondary N) is 2. The molecule has 0 fully saturated rings. The second-order valence-corrected chi connectivity index (χ2v) is 8.06. The van der Waals surface area contributed by atoms with Gasteiger partial charge in [-0.05, 0) is 48.5 Å².